The van der Waals surface area contributed by atoms with Crippen molar-refractivity contribution in [3.8, 4) is 0 Å². The molecule has 2 rings (SSSR count). The second-order valence-corrected chi connectivity index (χ2v) is 6.76. The van der Waals surface area contributed by atoms with E-state index in [1.807, 2.05) is 4.90 Å². The smallest absolute Gasteiger partial charge is 0.317 e. The van der Waals surface area contributed by atoms with Crippen molar-refractivity contribution >= 4 is 11.9 Å². The molecule has 1 aliphatic carbocycles. The lowest BCUT2D eigenvalue weighted by molar-refractivity contribution is -0.126. The van der Waals surface area contributed by atoms with E-state index in [9.17, 15) is 9.59 Å². The fourth-order valence-electron chi connectivity index (χ4n) is 3.43. The summed E-state index contributed by atoms with van der Waals surface area (Å²) < 4.78 is 0. The first-order valence-corrected chi connectivity index (χ1v) is 9.24. The Bertz CT molecular complexity index is 383. The third-order valence-corrected chi connectivity index (χ3v) is 4.79. The number of nitrogens with one attached hydrogen (secondary N) is 3. The molecule has 6 nitrogen and oxygen atoms in total. The molecule has 1 heterocycles. The van der Waals surface area contributed by atoms with E-state index >= 15 is 0 Å². The van der Waals surface area contributed by atoms with Crippen molar-refractivity contribution in [1.82, 2.24) is 20.9 Å². The predicted molar refractivity (Wildman–Crippen MR) is 91.3 cm³/mol. The first-order valence-electron chi connectivity index (χ1n) is 9.24. The summed E-state index contributed by atoms with van der Waals surface area (Å²) in [6, 6.07) is 0.348. The van der Waals surface area contributed by atoms with E-state index in [1.54, 1.807) is 0 Å². The third kappa shape index (κ3) is 6.01. The number of hydrogen-bond acceptors (Lipinski definition) is 3. The molecule has 132 valence electrons. The fraction of sp³-hybridized carbons (Fsp3) is 0.882. The second-order valence-electron chi connectivity index (χ2n) is 6.76. The second kappa shape index (κ2) is 9.75. The highest BCUT2D eigenvalue weighted by molar-refractivity contribution is 5.80. The molecule has 23 heavy (non-hydrogen) atoms. The minimum Gasteiger partial charge on any atom is -0.355 e. The normalized spacial score (nSPS) is 22.1. The molecule has 3 amide bonds. The van der Waals surface area contributed by atoms with Crippen LogP contribution < -0.4 is 16.0 Å². The molecule has 1 atom stereocenters. The average Bonchev–Trinajstić information content (AvgIpc) is 3.07. The van der Waals surface area contributed by atoms with Crippen LogP contribution in [0, 0.1) is 5.92 Å². The molecule has 1 unspecified atom stereocenters. The van der Waals surface area contributed by atoms with Crippen molar-refractivity contribution in [2.24, 2.45) is 5.92 Å². The predicted octanol–water partition coefficient (Wildman–Crippen LogP) is 1.47. The van der Waals surface area contributed by atoms with E-state index in [1.165, 1.54) is 12.8 Å². The molecule has 1 saturated heterocycles. The molecule has 1 aliphatic heterocycles. The Balaban J connectivity index is 1.69. The van der Waals surface area contributed by atoms with Crippen LogP contribution in [0.2, 0.25) is 0 Å². The van der Waals surface area contributed by atoms with E-state index in [2.05, 4.69) is 22.9 Å². The van der Waals surface area contributed by atoms with Gasteiger partial charge in [0, 0.05) is 32.2 Å². The van der Waals surface area contributed by atoms with Gasteiger partial charge in [0.2, 0.25) is 5.91 Å². The van der Waals surface area contributed by atoms with E-state index < -0.39 is 0 Å². The Morgan fingerprint density at radius 3 is 2.57 bits per heavy atom. The molecular weight excluding hydrogens is 292 g/mol. The number of rotatable bonds is 7. The number of amides is 3. The van der Waals surface area contributed by atoms with Crippen molar-refractivity contribution in [1.29, 1.82) is 0 Å². The Morgan fingerprint density at radius 2 is 1.83 bits per heavy atom. The molecule has 2 fully saturated rings. The largest absolute Gasteiger partial charge is 0.355 e. The molecule has 0 aromatic heterocycles. The van der Waals surface area contributed by atoms with Crippen LogP contribution >= 0.6 is 0 Å². The lowest BCUT2D eigenvalue weighted by Gasteiger charge is -2.33. The molecule has 1 saturated carbocycles. The molecule has 0 aromatic rings. The van der Waals surface area contributed by atoms with Gasteiger partial charge in [0.1, 0.15) is 0 Å². The van der Waals surface area contributed by atoms with Gasteiger partial charge in [0.15, 0.2) is 0 Å². The summed E-state index contributed by atoms with van der Waals surface area (Å²) in [5, 5.41) is 9.38. The summed E-state index contributed by atoms with van der Waals surface area (Å²) in [6.07, 6.45) is 7.49. The first kappa shape index (κ1) is 18.0. The number of carbonyl (C=O) groups is 2. The number of urea groups is 1. The minimum atomic E-state index is -0.0655. The lowest BCUT2D eigenvalue weighted by atomic mass is 9.97. The van der Waals surface area contributed by atoms with Crippen LogP contribution in [0.4, 0.5) is 4.79 Å². The van der Waals surface area contributed by atoms with Crippen LogP contribution in [0.3, 0.4) is 0 Å². The van der Waals surface area contributed by atoms with Gasteiger partial charge in [-0.1, -0.05) is 19.8 Å². The van der Waals surface area contributed by atoms with Gasteiger partial charge in [-0.05, 0) is 38.6 Å². The monoisotopic (exact) mass is 324 g/mol. The van der Waals surface area contributed by atoms with Gasteiger partial charge in [-0.3, -0.25) is 4.79 Å². The van der Waals surface area contributed by atoms with Gasteiger partial charge >= 0.3 is 6.03 Å². The molecule has 0 bridgehead atoms. The van der Waals surface area contributed by atoms with Gasteiger partial charge in [-0.25, -0.2) is 4.79 Å². The number of likely N-dealkylation sites (tertiary alicyclic amines) is 1. The summed E-state index contributed by atoms with van der Waals surface area (Å²) in [5.74, 6) is 0.0194. The van der Waals surface area contributed by atoms with Gasteiger partial charge in [-0.15, -0.1) is 0 Å². The Kier molecular flexibility index (Phi) is 7.65. The standard InChI is InChI=1S/C17H32N4O2/c1-2-9-18-10-11-19-16(22)14-6-5-12-21(13-14)17(23)20-15-7-3-4-8-15/h14-15,18H,2-13H2,1H3,(H,19,22)(H,20,23). The molecular formula is C17H32N4O2. The zero-order valence-corrected chi connectivity index (χ0v) is 14.4. The number of nitrogens with zero attached hydrogens (tertiary/aromatic N) is 1. The van der Waals surface area contributed by atoms with Crippen LogP contribution in [0.15, 0.2) is 0 Å². The molecule has 0 aromatic carbocycles. The quantitative estimate of drug-likeness (QED) is 0.621. The van der Waals surface area contributed by atoms with Crippen molar-refractivity contribution in [2.45, 2.75) is 57.9 Å². The van der Waals surface area contributed by atoms with E-state index in [4.69, 9.17) is 0 Å². The summed E-state index contributed by atoms with van der Waals surface area (Å²) in [7, 11) is 0. The highest BCUT2D eigenvalue weighted by Gasteiger charge is 2.29. The van der Waals surface area contributed by atoms with E-state index in [-0.39, 0.29) is 17.9 Å². The van der Waals surface area contributed by atoms with E-state index in [0.717, 1.165) is 51.7 Å². The van der Waals surface area contributed by atoms with Crippen LogP contribution in [-0.4, -0.2) is 55.6 Å². The molecule has 0 spiro atoms. The average molecular weight is 324 g/mol. The van der Waals surface area contributed by atoms with Gasteiger partial charge in [0.05, 0.1) is 5.92 Å². The first-order chi connectivity index (χ1) is 11.2. The van der Waals surface area contributed by atoms with Crippen molar-refractivity contribution in [3.63, 3.8) is 0 Å². The number of carbonyl (C=O) groups excluding carboxylic acids is 2. The van der Waals surface area contributed by atoms with Crippen molar-refractivity contribution in [2.75, 3.05) is 32.7 Å². The summed E-state index contributed by atoms with van der Waals surface area (Å²) >= 11 is 0. The minimum absolute atomic E-state index is 0.0130. The molecule has 0 radical (unpaired) electrons. The zero-order valence-electron chi connectivity index (χ0n) is 14.4. The Labute approximate surface area is 139 Å². The molecule has 3 N–H and O–H groups in total. The van der Waals surface area contributed by atoms with Gasteiger partial charge in [0.25, 0.3) is 0 Å². The topological polar surface area (TPSA) is 73.5 Å². The van der Waals surface area contributed by atoms with Gasteiger partial charge in [-0.2, -0.15) is 0 Å². The summed E-state index contributed by atoms with van der Waals surface area (Å²) in [6.45, 7) is 5.88. The summed E-state index contributed by atoms with van der Waals surface area (Å²) in [5.41, 5.74) is 0. The zero-order chi connectivity index (χ0) is 16.5. The summed E-state index contributed by atoms with van der Waals surface area (Å²) in [4.78, 5) is 26.4. The lowest BCUT2D eigenvalue weighted by Crippen LogP contribution is -2.51. The number of hydrogen-bond donors (Lipinski definition) is 3. The molecule has 2 aliphatic rings. The van der Waals surface area contributed by atoms with Crippen LogP contribution in [0.25, 0.3) is 0 Å². The van der Waals surface area contributed by atoms with Crippen LogP contribution in [0.5, 0.6) is 0 Å². The van der Waals surface area contributed by atoms with Crippen molar-refractivity contribution < 1.29 is 9.59 Å². The van der Waals surface area contributed by atoms with E-state index in [0.29, 0.717) is 19.1 Å². The maximum Gasteiger partial charge on any atom is 0.317 e. The SMILES string of the molecule is CCCNCCNC(=O)C1CCCN(C(=O)NC2CCCC2)C1. The third-order valence-electron chi connectivity index (χ3n) is 4.79. The number of piperidine rings is 1. The maximum atomic E-state index is 12.3. The Morgan fingerprint density at radius 1 is 1.04 bits per heavy atom. The maximum absolute atomic E-state index is 12.3. The highest BCUT2D eigenvalue weighted by Crippen LogP contribution is 2.20. The van der Waals surface area contributed by atoms with Crippen LogP contribution in [-0.2, 0) is 4.79 Å². The highest BCUT2D eigenvalue weighted by atomic mass is 16.2. The van der Waals surface area contributed by atoms with Crippen LogP contribution in [0.1, 0.15) is 51.9 Å². The van der Waals surface area contributed by atoms with Crippen molar-refractivity contribution in [3.05, 3.63) is 0 Å². The molecule has 6 heteroatoms. The fourth-order valence-corrected chi connectivity index (χ4v) is 3.43. The van der Waals surface area contributed by atoms with Gasteiger partial charge < -0.3 is 20.9 Å². The Hall–Kier alpha value is -1.30.